The molecule has 1 saturated carbocycles. The van der Waals surface area contributed by atoms with E-state index < -0.39 is 12.1 Å². The molecule has 3 unspecified atom stereocenters. The summed E-state index contributed by atoms with van der Waals surface area (Å²) in [6.07, 6.45) is 0.350. The van der Waals surface area contributed by atoms with Crippen LogP contribution in [0.4, 0.5) is 4.79 Å². The molecule has 2 amide bonds. The summed E-state index contributed by atoms with van der Waals surface area (Å²) in [5.41, 5.74) is 4.70. The van der Waals surface area contributed by atoms with E-state index in [0.717, 1.165) is 0 Å². The van der Waals surface area contributed by atoms with Crippen molar-refractivity contribution in [3.63, 3.8) is 0 Å². The number of carbonyl (C=O) groups excluding carboxylic acids is 2. The van der Waals surface area contributed by atoms with Crippen LogP contribution in [-0.2, 0) is 14.3 Å². The van der Waals surface area contributed by atoms with Crippen LogP contribution in [0.2, 0.25) is 0 Å². The highest BCUT2D eigenvalue weighted by Crippen LogP contribution is 2.51. The maximum absolute atomic E-state index is 12.4. The average Bonchev–Trinajstić information content (AvgIpc) is 3.16. The van der Waals surface area contributed by atoms with Gasteiger partial charge in [-0.15, -0.1) is 0 Å². The number of benzene rings is 2. The minimum Gasteiger partial charge on any atom is -0.481 e. The van der Waals surface area contributed by atoms with Gasteiger partial charge in [-0.2, -0.15) is 0 Å². The first kappa shape index (κ1) is 21.5. The molecule has 7 nitrogen and oxygen atoms in total. The second-order valence-corrected chi connectivity index (χ2v) is 9.40. The Morgan fingerprint density at radius 3 is 2.18 bits per heavy atom. The predicted molar refractivity (Wildman–Crippen MR) is 122 cm³/mol. The number of nitrogens with one attached hydrogen (secondary N) is 1. The minimum absolute atomic E-state index is 0.0104. The van der Waals surface area contributed by atoms with E-state index in [-0.39, 0.29) is 42.2 Å². The second kappa shape index (κ2) is 8.54. The standard InChI is InChI=1S/C26H28N2O5/c1-15(10-11-23(29)28-12-20-21(13-28)24(20)25(30)31)27-26(32)33-14-22-18-8-4-2-6-16(18)17-7-3-5-9-19(17)22/h2-9,15,20-22,24H,10-14H2,1H3,(H,27,32)(H,30,31). The van der Waals surface area contributed by atoms with Crippen LogP contribution in [-0.4, -0.2) is 53.7 Å². The molecule has 1 aliphatic heterocycles. The van der Waals surface area contributed by atoms with Gasteiger partial charge in [-0.25, -0.2) is 4.79 Å². The number of carboxylic acids is 1. The molecule has 2 N–H and O–H groups in total. The van der Waals surface area contributed by atoms with Gasteiger partial charge in [0, 0.05) is 31.5 Å². The summed E-state index contributed by atoms with van der Waals surface area (Å²) in [4.78, 5) is 37.7. The minimum atomic E-state index is -0.752. The molecule has 0 radical (unpaired) electrons. The lowest BCUT2D eigenvalue weighted by molar-refractivity contribution is -0.141. The number of amides is 2. The highest BCUT2D eigenvalue weighted by Gasteiger charge is 2.60. The number of ether oxygens (including phenoxy) is 1. The first-order valence-electron chi connectivity index (χ1n) is 11.6. The van der Waals surface area contributed by atoms with Gasteiger partial charge in [0.1, 0.15) is 6.61 Å². The molecule has 2 aromatic rings. The van der Waals surface area contributed by atoms with Crippen LogP contribution in [0, 0.1) is 17.8 Å². The molecular formula is C26H28N2O5. The highest BCUT2D eigenvalue weighted by molar-refractivity contribution is 5.80. The van der Waals surface area contributed by atoms with Crippen LogP contribution in [0.25, 0.3) is 11.1 Å². The molecule has 3 atom stereocenters. The molecule has 1 saturated heterocycles. The van der Waals surface area contributed by atoms with Crippen molar-refractivity contribution < 1.29 is 24.2 Å². The molecule has 0 spiro atoms. The van der Waals surface area contributed by atoms with Crippen LogP contribution in [0.15, 0.2) is 48.5 Å². The second-order valence-electron chi connectivity index (χ2n) is 9.40. The van der Waals surface area contributed by atoms with Gasteiger partial charge in [-0.3, -0.25) is 9.59 Å². The fourth-order valence-electron chi connectivity index (χ4n) is 5.51. The molecular weight excluding hydrogens is 420 g/mol. The van der Waals surface area contributed by atoms with Gasteiger partial charge >= 0.3 is 12.1 Å². The van der Waals surface area contributed by atoms with Crippen molar-refractivity contribution in [2.75, 3.05) is 19.7 Å². The maximum Gasteiger partial charge on any atom is 0.407 e. The van der Waals surface area contributed by atoms with Gasteiger partial charge in [0.15, 0.2) is 0 Å². The number of hydrogen-bond acceptors (Lipinski definition) is 4. The average molecular weight is 449 g/mol. The fraction of sp³-hybridized carbons (Fsp3) is 0.423. The summed E-state index contributed by atoms with van der Waals surface area (Å²) < 4.78 is 5.57. The number of nitrogens with zero attached hydrogens (tertiary/aromatic N) is 1. The molecule has 7 heteroatoms. The van der Waals surface area contributed by atoms with E-state index in [1.165, 1.54) is 22.3 Å². The molecule has 2 aliphatic carbocycles. The molecule has 2 aromatic carbocycles. The number of piperidine rings is 1. The molecule has 3 aliphatic rings. The first-order valence-corrected chi connectivity index (χ1v) is 11.6. The Hall–Kier alpha value is -3.35. The quantitative estimate of drug-likeness (QED) is 0.676. The van der Waals surface area contributed by atoms with Crippen molar-refractivity contribution in [3.8, 4) is 11.1 Å². The lowest BCUT2D eigenvalue weighted by atomic mass is 9.98. The largest absolute Gasteiger partial charge is 0.481 e. The summed E-state index contributed by atoms with van der Waals surface area (Å²) >= 11 is 0. The zero-order chi connectivity index (χ0) is 23.1. The summed E-state index contributed by atoms with van der Waals surface area (Å²) in [6, 6.07) is 16.2. The van der Waals surface area contributed by atoms with E-state index in [9.17, 15) is 14.4 Å². The van der Waals surface area contributed by atoms with E-state index in [4.69, 9.17) is 9.84 Å². The van der Waals surface area contributed by atoms with Crippen LogP contribution < -0.4 is 5.32 Å². The Morgan fingerprint density at radius 2 is 1.61 bits per heavy atom. The van der Waals surface area contributed by atoms with Gasteiger partial charge in [0.2, 0.25) is 5.91 Å². The summed E-state index contributed by atoms with van der Waals surface area (Å²) in [5, 5.41) is 11.9. The molecule has 2 fully saturated rings. The Labute approximate surface area is 192 Å². The highest BCUT2D eigenvalue weighted by atomic mass is 16.5. The third kappa shape index (κ3) is 4.08. The number of rotatable bonds is 7. The van der Waals surface area contributed by atoms with Crippen molar-refractivity contribution in [3.05, 3.63) is 59.7 Å². The molecule has 1 heterocycles. The zero-order valence-corrected chi connectivity index (χ0v) is 18.6. The zero-order valence-electron chi connectivity index (χ0n) is 18.6. The lowest BCUT2D eigenvalue weighted by Crippen LogP contribution is -2.36. The smallest absolute Gasteiger partial charge is 0.407 e. The molecule has 172 valence electrons. The third-order valence-electron chi connectivity index (χ3n) is 7.33. The lowest BCUT2D eigenvalue weighted by Gasteiger charge is -2.21. The molecule has 0 bridgehead atoms. The normalized spacial score (nSPS) is 23.3. The molecule has 5 rings (SSSR count). The monoisotopic (exact) mass is 448 g/mol. The van der Waals surface area contributed by atoms with Crippen LogP contribution >= 0.6 is 0 Å². The van der Waals surface area contributed by atoms with Crippen LogP contribution in [0.3, 0.4) is 0 Å². The third-order valence-corrected chi connectivity index (χ3v) is 7.33. The summed E-state index contributed by atoms with van der Waals surface area (Å²) in [7, 11) is 0. The van der Waals surface area contributed by atoms with E-state index in [2.05, 4.69) is 29.6 Å². The van der Waals surface area contributed by atoms with E-state index in [1.54, 1.807) is 4.90 Å². The summed E-state index contributed by atoms with van der Waals surface area (Å²) in [6.45, 7) is 3.19. The van der Waals surface area contributed by atoms with E-state index in [0.29, 0.717) is 25.9 Å². The number of carbonyl (C=O) groups is 3. The number of aliphatic carboxylic acids is 1. The van der Waals surface area contributed by atoms with Gasteiger partial charge < -0.3 is 20.1 Å². The Balaban J connectivity index is 1.08. The Kier molecular flexibility index (Phi) is 5.56. The van der Waals surface area contributed by atoms with Crippen molar-refractivity contribution in [2.24, 2.45) is 17.8 Å². The van der Waals surface area contributed by atoms with Crippen LogP contribution in [0.1, 0.15) is 36.8 Å². The summed E-state index contributed by atoms with van der Waals surface area (Å²) in [5.74, 6) is -0.768. The molecule has 0 aromatic heterocycles. The van der Waals surface area contributed by atoms with Gasteiger partial charge in [0.05, 0.1) is 5.92 Å². The first-order chi connectivity index (χ1) is 15.9. The SMILES string of the molecule is CC(CCC(=O)N1CC2C(C1)C2C(=O)O)NC(=O)OCC1c2ccccc2-c2ccccc21. The number of alkyl carbamates (subject to hydrolysis) is 1. The number of fused-ring (bicyclic) bond motifs is 4. The number of carboxylic acid groups (broad SMARTS) is 1. The Morgan fingerprint density at radius 1 is 1.03 bits per heavy atom. The number of likely N-dealkylation sites (tertiary alicyclic amines) is 1. The molecule has 33 heavy (non-hydrogen) atoms. The fourth-order valence-corrected chi connectivity index (χ4v) is 5.51. The number of hydrogen-bond donors (Lipinski definition) is 2. The van der Waals surface area contributed by atoms with Gasteiger partial charge in [-0.1, -0.05) is 48.5 Å². The van der Waals surface area contributed by atoms with E-state index >= 15 is 0 Å². The van der Waals surface area contributed by atoms with Crippen molar-refractivity contribution in [1.82, 2.24) is 10.2 Å². The van der Waals surface area contributed by atoms with Gasteiger partial charge in [0.25, 0.3) is 0 Å². The van der Waals surface area contributed by atoms with E-state index in [1.807, 2.05) is 31.2 Å². The van der Waals surface area contributed by atoms with Crippen molar-refractivity contribution >= 4 is 18.0 Å². The Bertz CT molecular complexity index is 1040. The topological polar surface area (TPSA) is 95.9 Å². The predicted octanol–water partition coefficient (Wildman–Crippen LogP) is 3.48. The maximum atomic E-state index is 12.4. The van der Waals surface area contributed by atoms with Crippen molar-refractivity contribution in [2.45, 2.75) is 31.7 Å². The van der Waals surface area contributed by atoms with Gasteiger partial charge in [-0.05, 0) is 47.4 Å². The van der Waals surface area contributed by atoms with Crippen molar-refractivity contribution in [1.29, 1.82) is 0 Å². The van der Waals surface area contributed by atoms with Crippen LogP contribution in [0.5, 0.6) is 0 Å².